The molecule has 4 heteroatoms. The molecule has 110 valence electrons. The number of rotatable bonds is 6. The topological polar surface area (TPSA) is 69.4 Å². The second kappa shape index (κ2) is 6.55. The number of methoxy groups -OCH3 is 1. The molecule has 0 aliphatic rings. The lowest BCUT2D eigenvalue weighted by Crippen LogP contribution is -2.30. The fourth-order valence-corrected chi connectivity index (χ4v) is 2.08. The van der Waals surface area contributed by atoms with E-state index in [-0.39, 0.29) is 24.1 Å². The first-order valence-corrected chi connectivity index (χ1v) is 6.72. The molecule has 1 rings (SSSR count). The summed E-state index contributed by atoms with van der Waals surface area (Å²) in [5.41, 5.74) is 6.63. The number of benzene rings is 1. The van der Waals surface area contributed by atoms with Crippen LogP contribution >= 0.6 is 0 Å². The largest absolute Gasteiger partial charge is 0.469 e. The highest BCUT2D eigenvalue weighted by Gasteiger charge is 2.32. The van der Waals surface area contributed by atoms with E-state index in [9.17, 15) is 9.59 Å². The van der Waals surface area contributed by atoms with Crippen LogP contribution in [0.25, 0.3) is 0 Å². The van der Waals surface area contributed by atoms with Crippen molar-refractivity contribution in [2.45, 2.75) is 33.6 Å². The Morgan fingerprint density at radius 3 is 2.30 bits per heavy atom. The molecular formula is C16H23NO3. The third-order valence-corrected chi connectivity index (χ3v) is 3.43. The van der Waals surface area contributed by atoms with Gasteiger partial charge in [0, 0.05) is 18.0 Å². The third-order valence-electron chi connectivity index (χ3n) is 3.43. The SMILES string of the molecule is COC(=O)C(C)(C)CC(=O)[C@@H](C)Cc1ccc(N)cc1. The molecule has 1 aromatic rings. The first kappa shape index (κ1) is 16.2. The minimum Gasteiger partial charge on any atom is -0.469 e. The van der Waals surface area contributed by atoms with Crippen molar-refractivity contribution >= 4 is 17.4 Å². The van der Waals surface area contributed by atoms with Crippen molar-refractivity contribution in [2.75, 3.05) is 12.8 Å². The molecule has 0 aromatic heterocycles. The predicted molar refractivity (Wildman–Crippen MR) is 79.1 cm³/mol. The number of hydrogen-bond donors (Lipinski definition) is 1. The highest BCUT2D eigenvalue weighted by atomic mass is 16.5. The van der Waals surface area contributed by atoms with Gasteiger partial charge in [0.2, 0.25) is 0 Å². The number of ether oxygens (including phenoxy) is 1. The van der Waals surface area contributed by atoms with E-state index in [0.29, 0.717) is 12.1 Å². The minimum absolute atomic E-state index is 0.0669. The van der Waals surface area contributed by atoms with Gasteiger partial charge in [0.15, 0.2) is 0 Å². The zero-order chi connectivity index (χ0) is 15.3. The second-order valence-corrected chi connectivity index (χ2v) is 5.87. The third kappa shape index (κ3) is 4.37. The van der Waals surface area contributed by atoms with Gasteiger partial charge >= 0.3 is 5.97 Å². The molecule has 20 heavy (non-hydrogen) atoms. The van der Waals surface area contributed by atoms with Crippen LogP contribution in [0.15, 0.2) is 24.3 Å². The van der Waals surface area contributed by atoms with Gasteiger partial charge in [-0.3, -0.25) is 9.59 Å². The number of carbonyl (C=O) groups is 2. The lowest BCUT2D eigenvalue weighted by molar-refractivity contribution is -0.153. The van der Waals surface area contributed by atoms with E-state index in [4.69, 9.17) is 10.5 Å². The number of Topliss-reactive ketones (excluding diaryl/α,β-unsaturated/α-hetero) is 1. The lowest BCUT2D eigenvalue weighted by Gasteiger charge is -2.22. The van der Waals surface area contributed by atoms with Crippen LogP contribution in [-0.4, -0.2) is 18.9 Å². The molecule has 0 saturated heterocycles. The summed E-state index contributed by atoms with van der Waals surface area (Å²) in [6, 6.07) is 7.49. The Morgan fingerprint density at radius 1 is 1.25 bits per heavy atom. The smallest absolute Gasteiger partial charge is 0.311 e. The molecule has 0 amide bonds. The molecule has 2 N–H and O–H groups in total. The van der Waals surface area contributed by atoms with Crippen molar-refractivity contribution in [1.29, 1.82) is 0 Å². The highest BCUT2D eigenvalue weighted by Crippen LogP contribution is 2.25. The second-order valence-electron chi connectivity index (χ2n) is 5.87. The number of esters is 1. The zero-order valence-electron chi connectivity index (χ0n) is 12.6. The standard InChI is InChI=1S/C16H23NO3/c1-11(9-12-5-7-13(17)8-6-12)14(18)10-16(2,3)15(19)20-4/h5-8,11H,9-10,17H2,1-4H3/t11-/m0/s1. The fraction of sp³-hybridized carbons (Fsp3) is 0.500. The van der Waals surface area contributed by atoms with Crippen LogP contribution in [0.1, 0.15) is 32.8 Å². The summed E-state index contributed by atoms with van der Waals surface area (Å²) >= 11 is 0. The first-order valence-electron chi connectivity index (χ1n) is 6.72. The van der Waals surface area contributed by atoms with Crippen molar-refractivity contribution in [3.05, 3.63) is 29.8 Å². The summed E-state index contributed by atoms with van der Waals surface area (Å²) in [5, 5.41) is 0. The van der Waals surface area contributed by atoms with Gasteiger partial charge in [-0.2, -0.15) is 0 Å². The molecule has 0 heterocycles. The van der Waals surface area contributed by atoms with Crippen LogP contribution in [0, 0.1) is 11.3 Å². The van der Waals surface area contributed by atoms with E-state index < -0.39 is 5.41 Å². The molecule has 1 aromatic carbocycles. The number of carbonyl (C=O) groups excluding carboxylic acids is 2. The normalized spacial score (nSPS) is 12.8. The Morgan fingerprint density at radius 2 is 1.80 bits per heavy atom. The van der Waals surface area contributed by atoms with Gasteiger partial charge in [-0.15, -0.1) is 0 Å². The summed E-state index contributed by atoms with van der Waals surface area (Å²) < 4.78 is 4.72. The number of hydrogen-bond acceptors (Lipinski definition) is 4. The summed E-state index contributed by atoms with van der Waals surface area (Å²) in [6.07, 6.45) is 0.839. The van der Waals surface area contributed by atoms with Gasteiger partial charge in [-0.05, 0) is 38.0 Å². The summed E-state index contributed by atoms with van der Waals surface area (Å²) in [5.74, 6) is -0.426. The van der Waals surface area contributed by atoms with Gasteiger partial charge in [-0.1, -0.05) is 19.1 Å². The molecule has 0 unspecified atom stereocenters. The number of anilines is 1. The Balaban J connectivity index is 2.63. The monoisotopic (exact) mass is 277 g/mol. The van der Waals surface area contributed by atoms with E-state index in [1.165, 1.54) is 7.11 Å². The molecule has 0 aliphatic heterocycles. The Bertz CT molecular complexity index is 477. The maximum absolute atomic E-state index is 12.2. The molecule has 0 radical (unpaired) electrons. The molecule has 0 saturated carbocycles. The maximum atomic E-state index is 12.2. The molecule has 4 nitrogen and oxygen atoms in total. The van der Waals surface area contributed by atoms with Gasteiger partial charge < -0.3 is 10.5 Å². The van der Waals surface area contributed by atoms with Crippen LogP contribution in [-0.2, 0) is 20.7 Å². The molecule has 0 aliphatic carbocycles. The van der Waals surface area contributed by atoms with E-state index in [1.807, 2.05) is 31.2 Å². The van der Waals surface area contributed by atoms with Gasteiger partial charge in [0.25, 0.3) is 0 Å². The summed E-state index contributed by atoms with van der Waals surface area (Å²) in [6.45, 7) is 5.34. The zero-order valence-corrected chi connectivity index (χ0v) is 12.6. The number of nitrogen functional groups attached to an aromatic ring is 1. The average Bonchev–Trinajstić information content (AvgIpc) is 2.39. The van der Waals surface area contributed by atoms with E-state index in [1.54, 1.807) is 13.8 Å². The van der Waals surface area contributed by atoms with Gasteiger partial charge in [-0.25, -0.2) is 0 Å². The van der Waals surface area contributed by atoms with Crippen LogP contribution in [0.3, 0.4) is 0 Å². The predicted octanol–water partition coefficient (Wildman–Crippen LogP) is 2.61. The number of nitrogens with two attached hydrogens (primary N) is 1. The maximum Gasteiger partial charge on any atom is 0.311 e. The number of ketones is 1. The molecule has 1 atom stereocenters. The van der Waals surface area contributed by atoms with Crippen LogP contribution in [0.4, 0.5) is 5.69 Å². The van der Waals surface area contributed by atoms with Crippen molar-refractivity contribution in [3.63, 3.8) is 0 Å². The van der Waals surface area contributed by atoms with Crippen molar-refractivity contribution in [2.24, 2.45) is 11.3 Å². The average molecular weight is 277 g/mol. The van der Waals surface area contributed by atoms with E-state index in [2.05, 4.69) is 0 Å². The van der Waals surface area contributed by atoms with Crippen LogP contribution in [0.2, 0.25) is 0 Å². The minimum atomic E-state index is -0.777. The Labute approximate surface area is 120 Å². The van der Waals surface area contributed by atoms with Crippen LogP contribution < -0.4 is 5.73 Å². The first-order chi connectivity index (χ1) is 9.26. The van der Waals surface area contributed by atoms with E-state index in [0.717, 1.165) is 5.56 Å². The fourth-order valence-electron chi connectivity index (χ4n) is 2.08. The van der Waals surface area contributed by atoms with Crippen LogP contribution in [0.5, 0.6) is 0 Å². The van der Waals surface area contributed by atoms with Gasteiger partial charge in [0.05, 0.1) is 12.5 Å². The van der Waals surface area contributed by atoms with E-state index >= 15 is 0 Å². The molecule has 0 fully saturated rings. The van der Waals surface area contributed by atoms with Crippen molar-refractivity contribution in [1.82, 2.24) is 0 Å². The van der Waals surface area contributed by atoms with Crippen molar-refractivity contribution < 1.29 is 14.3 Å². The summed E-state index contributed by atoms with van der Waals surface area (Å²) in [4.78, 5) is 23.8. The van der Waals surface area contributed by atoms with Crippen molar-refractivity contribution in [3.8, 4) is 0 Å². The molecule has 0 spiro atoms. The Hall–Kier alpha value is -1.84. The molecular weight excluding hydrogens is 254 g/mol. The quantitative estimate of drug-likeness (QED) is 0.641. The summed E-state index contributed by atoms with van der Waals surface area (Å²) in [7, 11) is 1.34. The molecule has 0 bridgehead atoms. The Kier molecular flexibility index (Phi) is 5.31. The highest BCUT2D eigenvalue weighted by molar-refractivity contribution is 5.87. The lowest BCUT2D eigenvalue weighted by atomic mass is 9.83. The van der Waals surface area contributed by atoms with Gasteiger partial charge in [0.1, 0.15) is 5.78 Å².